The number of fused-ring (bicyclic) bond motifs is 1. The summed E-state index contributed by atoms with van der Waals surface area (Å²) >= 11 is 0. The minimum absolute atomic E-state index is 0.0267. The summed E-state index contributed by atoms with van der Waals surface area (Å²) in [6.45, 7) is 1.77. The van der Waals surface area contributed by atoms with Crippen LogP contribution in [0.2, 0.25) is 0 Å². The summed E-state index contributed by atoms with van der Waals surface area (Å²) in [4.78, 5) is 14.5. The maximum Gasteiger partial charge on any atom is 0.491 e. The number of rotatable bonds is 2. The number of amides is 1. The van der Waals surface area contributed by atoms with Crippen molar-refractivity contribution in [3.05, 3.63) is 47.8 Å². The number of hydrogen-bond donors (Lipinski definition) is 1. The highest BCUT2D eigenvalue weighted by atomic mass is 16.5. The van der Waals surface area contributed by atoms with Crippen LogP contribution in [0.1, 0.15) is 28.4 Å². The number of carbonyl (C=O) groups excluding carboxylic acids is 1. The smallest absolute Gasteiger partial charge is 0.423 e. The zero-order chi connectivity index (χ0) is 15.1. The van der Waals surface area contributed by atoms with E-state index in [1.807, 2.05) is 27.9 Å². The highest BCUT2D eigenvalue weighted by Gasteiger charge is 2.31. The molecule has 6 nitrogen and oxygen atoms in total. The van der Waals surface area contributed by atoms with Crippen molar-refractivity contribution >= 4 is 18.5 Å². The predicted molar refractivity (Wildman–Crippen MR) is 80.6 cm³/mol. The number of hydrogen-bond acceptors (Lipinski definition) is 4. The van der Waals surface area contributed by atoms with Crippen LogP contribution in [0.15, 0.2) is 36.7 Å². The fourth-order valence-electron chi connectivity index (χ4n) is 3.18. The number of likely N-dealkylation sites (tertiary alicyclic amines) is 1. The van der Waals surface area contributed by atoms with Crippen molar-refractivity contribution in [1.29, 1.82) is 0 Å². The van der Waals surface area contributed by atoms with E-state index < -0.39 is 7.12 Å². The minimum Gasteiger partial charge on any atom is -0.423 e. The molecule has 1 fully saturated rings. The van der Waals surface area contributed by atoms with E-state index in [9.17, 15) is 9.82 Å². The van der Waals surface area contributed by atoms with Crippen molar-refractivity contribution < 1.29 is 14.5 Å². The van der Waals surface area contributed by atoms with Crippen LogP contribution in [0, 0.1) is 0 Å². The van der Waals surface area contributed by atoms with Gasteiger partial charge in [0.05, 0.1) is 12.6 Å². The number of nitrogens with zero attached hydrogens (tertiary/aromatic N) is 3. The second kappa shape index (κ2) is 5.26. The third kappa shape index (κ3) is 2.22. The molecule has 1 unspecified atom stereocenters. The standard InChI is InChI=1S/C15H16BN3O3/c20-15(11-2-3-14-12(8-11)10-22-16(14)21)18-7-4-13(9-18)19-6-1-5-17-19/h1-3,5-6,8,13,21H,4,7,9-10H2. The second-order valence-corrected chi connectivity index (χ2v) is 5.76. The van der Waals surface area contributed by atoms with E-state index in [2.05, 4.69) is 5.10 Å². The maximum atomic E-state index is 12.6. The molecule has 3 heterocycles. The van der Waals surface area contributed by atoms with Gasteiger partial charge >= 0.3 is 7.12 Å². The lowest BCUT2D eigenvalue weighted by molar-refractivity contribution is 0.0787. The first-order valence-electron chi connectivity index (χ1n) is 7.43. The first-order valence-corrected chi connectivity index (χ1v) is 7.43. The van der Waals surface area contributed by atoms with Gasteiger partial charge in [-0.1, -0.05) is 6.07 Å². The fourth-order valence-corrected chi connectivity index (χ4v) is 3.18. The van der Waals surface area contributed by atoms with Crippen molar-refractivity contribution in [3.8, 4) is 0 Å². The molecule has 1 saturated heterocycles. The average Bonchev–Trinajstić information content (AvgIpc) is 3.27. The Labute approximate surface area is 128 Å². The molecule has 22 heavy (non-hydrogen) atoms. The maximum absolute atomic E-state index is 12.6. The van der Waals surface area contributed by atoms with Crippen LogP contribution in [-0.4, -0.2) is 45.8 Å². The largest absolute Gasteiger partial charge is 0.491 e. The molecule has 7 heteroatoms. The molecule has 0 bridgehead atoms. The predicted octanol–water partition coefficient (Wildman–Crippen LogP) is 0.188. The van der Waals surface area contributed by atoms with E-state index >= 15 is 0 Å². The molecule has 0 radical (unpaired) electrons. The number of aromatic nitrogens is 2. The quantitative estimate of drug-likeness (QED) is 0.804. The van der Waals surface area contributed by atoms with Crippen LogP contribution in [0.5, 0.6) is 0 Å². The molecule has 0 spiro atoms. The van der Waals surface area contributed by atoms with E-state index in [1.54, 1.807) is 18.3 Å². The van der Waals surface area contributed by atoms with Crippen LogP contribution in [0.4, 0.5) is 0 Å². The van der Waals surface area contributed by atoms with E-state index in [1.165, 1.54) is 0 Å². The van der Waals surface area contributed by atoms with Gasteiger partial charge in [-0.2, -0.15) is 5.10 Å². The minimum atomic E-state index is -0.866. The van der Waals surface area contributed by atoms with Crippen LogP contribution < -0.4 is 5.46 Å². The van der Waals surface area contributed by atoms with Gasteiger partial charge in [-0.05, 0) is 35.6 Å². The van der Waals surface area contributed by atoms with Crippen LogP contribution in [0.3, 0.4) is 0 Å². The molecule has 1 aromatic carbocycles. The zero-order valence-corrected chi connectivity index (χ0v) is 12.1. The van der Waals surface area contributed by atoms with Crippen LogP contribution in [-0.2, 0) is 11.3 Å². The van der Waals surface area contributed by atoms with Gasteiger partial charge in [-0.25, -0.2) is 0 Å². The van der Waals surface area contributed by atoms with Crippen molar-refractivity contribution in [1.82, 2.24) is 14.7 Å². The van der Waals surface area contributed by atoms with Crippen LogP contribution >= 0.6 is 0 Å². The van der Waals surface area contributed by atoms with Crippen molar-refractivity contribution in [3.63, 3.8) is 0 Å². The first kappa shape index (κ1) is 13.5. The monoisotopic (exact) mass is 297 g/mol. The van der Waals surface area contributed by atoms with Gasteiger partial charge in [-0.3, -0.25) is 9.48 Å². The highest BCUT2D eigenvalue weighted by molar-refractivity contribution is 6.61. The van der Waals surface area contributed by atoms with Gasteiger partial charge in [0.1, 0.15) is 0 Å². The number of carbonyl (C=O) groups is 1. The average molecular weight is 297 g/mol. The summed E-state index contributed by atoms with van der Waals surface area (Å²) in [6.07, 6.45) is 4.61. The third-order valence-electron chi connectivity index (χ3n) is 4.40. The summed E-state index contributed by atoms with van der Waals surface area (Å²) in [5.74, 6) is 0.0267. The van der Waals surface area contributed by atoms with E-state index in [-0.39, 0.29) is 11.9 Å². The summed E-state index contributed by atoms with van der Waals surface area (Å²) in [5.41, 5.74) is 2.30. The fraction of sp³-hybridized carbons (Fsp3) is 0.333. The Hall–Kier alpha value is -2.12. The summed E-state index contributed by atoms with van der Waals surface area (Å²) < 4.78 is 7.09. The Morgan fingerprint density at radius 2 is 2.36 bits per heavy atom. The Balaban J connectivity index is 1.51. The van der Waals surface area contributed by atoms with E-state index in [4.69, 9.17) is 4.65 Å². The summed E-state index contributed by atoms with van der Waals surface area (Å²) in [6, 6.07) is 7.52. The molecule has 4 rings (SSSR count). The Morgan fingerprint density at radius 1 is 1.45 bits per heavy atom. The van der Waals surface area contributed by atoms with Gasteiger partial charge < -0.3 is 14.6 Å². The van der Waals surface area contributed by atoms with Gasteiger partial charge in [0, 0.05) is 31.0 Å². The molecule has 1 amide bonds. The molecule has 1 aromatic heterocycles. The lowest BCUT2D eigenvalue weighted by atomic mass is 9.79. The molecule has 0 saturated carbocycles. The molecule has 1 atom stereocenters. The van der Waals surface area contributed by atoms with Crippen molar-refractivity contribution in [2.45, 2.75) is 19.1 Å². The molecule has 0 aliphatic carbocycles. The number of benzene rings is 1. The lowest BCUT2D eigenvalue weighted by Gasteiger charge is -2.17. The SMILES string of the molecule is O=C(c1ccc2c(c1)COB2O)N1CCC(n2cccn2)C1. The molecule has 2 aromatic rings. The summed E-state index contributed by atoms with van der Waals surface area (Å²) in [5, 5.41) is 13.9. The van der Waals surface area contributed by atoms with Crippen molar-refractivity contribution in [2.24, 2.45) is 0 Å². The Kier molecular flexibility index (Phi) is 3.24. The van der Waals surface area contributed by atoms with Gasteiger partial charge in [0.15, 0.2) is 0 Å². The van der Waals surface area contributed by atoms with Crippen LogP contribution in [0.25, 0.3) is 0 Å². The van der Waals surface area contributed by atoms with Gasteiger partial charge in [-0.15, -0.1) is 0 Å². The Morgan fingerprint density at radius 3 is 3.18 bits per heavy atom. The molecule has 1 N–H and O–H groups in total. The molecular weight excluding hydrogens is 281 g/mol. The molecular formula is C15H16BN3O3. The third-order valence-corrected chi connectivity index (χ3v) is 4.40. The zero-order valence-electron chi connectivity index (χ0n) is 12.1. The van der Waals surface area contributed by atoms with Crippen molar-refractivity contribution in [2.75, 3.05) is 13.1 Å². The Bertz CT molecular complexity index is 704. The summed E-state index contributed by atoms with van der Waals surface area (Å²) in [7, 11) is -0.866. The topological polar surface area (TPSA) is 67.6 Å². The molecule has 2 aliphatic heterocycles. The first-order chi connectivity index (χ1) is 10.7. The second-order valence-electron chi connectivity index (χ2n) is 5.76. The van der Waals surface area contributed by atoms with E-state index in [0.717, 1.165) is 24.0 Å². The van der Waals surface area contributed by atoms with Gasteiger partial charge in [0.25, 0.3) is 5.91 Å². The van der Waals surface area contributed by atoms with Gasteiger partial charge in [0.2, 0.25) is 0 Å². The normalized spacial score (nSPS) is 20.5. The highest BCUT2D eigenvalue weighted by Crippen LogP contribution is 2.23. The van der Waals surface area contributed by atoms with E-state index in [0.29, 0.717) is 18.7 Å². The molecule has 2 aliphatic rings. The lowest BCUT2D eigenvalue weighted by Crippen LogP contribution is -2.31. The molecule has 112 valence electrons.